The number of halogens is 2. The van der Waals surface area contributed by atoms with E-state index in [1.165, 1.54) is 0 Å². The fourth-order valence-corrected chi connectivity index (χ4v) is 2.68. The number of carbonyl (C=O) groups excluding carboxylic acids is 1. The van der Waals surface area contributed by atoms with E-state index in [-0.39, 0.29) is 11.7 Å². The van der Waals surface area contributed by atoms with Gasteiger partial charge in [-0.3, -0.25) is 9.89 Å². The van der Waals surface area contributed by atoms with E-state index in [1.807, 2.05) is 37.3 Å². The number of Topliss-reactive ketones (excluding diaryl/α,β-unsaturated/α-hetero) is 1. The molecule has 0 aliphatic rings. The molecule has 1 heterocycles. The Hall–Kier alpha value is -1.13. The third-order valence-corrected chi connectivity index (χ3v) is 4.05. The van der Waals surface area contributed by atoms with Gasteiger partial charge >= 0.3 is 0 Å². The van der Waals surface area contributed by atoms with Crippen LogP contribution in [0, 0.1) is 0 Å². The number of benzene rings is 1. The fourth-order valence-electron chi connectivity index (χ4n) is 2.19. The zero-order valence-corrected chi connectivity index (χ0v) is 12.8. The third-order valence-electron chi connectivity index (χ3n) is 3.26. The number of alkyl halides is 1. The average Bonchev–Trinajstić information content (AvgIpc) is 2.93. The summed E-state index contributed by atoms with van der Waals surface area (Å²) in [6.07, 6.45) is 2.03. The zero-order chi connectivity index (χ0) is 13.9. The van der Waals surface area contributed by atoms with Gasteiger partial charge in [0.25, 0.3) is 0 Å². The predicted molar refractivity (Wildman–Crippen MR) is 79.5 cm³/mol. The number of aromatic nitrogens is 2. The molecule has 0 radical (unpaired) electrons. The molecule has 0 amide bonds. The maximum atomic E-state index is 11.8. The SMILES string of the molecule is CC(CC(=O)CCl)(c1cccc(Br)c1)c1ccn[nH]1. The molecule has 0 aliphatic heterocycles. The minimum Gasteiger partial charge on any atom is -0.298 e. The van der Waals surface area contributed by atoms with E-state index in [2.05, 4.69) is 26.1 Å². The van der Waals surface area contributed by atoms with E-state index in [4.69, 9.17) is 11.6 Å². The molecule has 0 saturated heterocycles. The Bertz CT molecular complexity index is 571. The second-order valence-electron chi connectivity index (χ2n) is 4.66. The molecule has 0 spiro atoms. The minimum atomic E-state index is -0.452. The number of H-pyrrole nitrogens is 1. The van der Waals surface area contributed by atoms with Crippen molar-refractivity contribution in [3.63, 3.8) is 0 Å². The molecule has 1 N–H and O–H groups in total. The van der Waals surface area contributed by atoms with Gasteiger partial charge in [0, 0.05) is 28.2 Å². The van der Waals surface area contributed by atoms with E-state index in [0.29, 0.717) is 6.42 Å². The van der Waals surface area contributed by atoms with Crippen LogP contribution in [0.4, 0.5) is 0 Å². The van der Waals surface area contributed by atoms with Crippen LogP contribution in [0.5, 0.6) is 0 Å². The Morgan fingerprint density at radius 3 is 2.84 bits per heavy atom. The molecule has 1 atom stereocenters. The van der Waals surface area contributed by atoms with Gasteiger partial charge in [0.15, 0.2) is 0 Å². The van der Waals surface area contributed by atoms with Crippen molar-refractivity contribution in [1.82, 2.24) is 10.2 Å². The second-order valence-corrected chi connectivity index (χ2v) is 5.84. The molecule has 0 aliphatic carbocycles. The summed E-state index contributed by atoms with van der Waals surface area (Å²) >= 11 is 9.12. The lowest BCUT2D eigenvalue weighted by Gasteiger charge is -2.28. The third kappa shape index (κ3) is 3.07. The van der Waals surface area contributed by atoms with E-state index in [9.17, 15) is 4.79 Å². The minimum absolute atomic E-state index is 0.0127. The topological polar surface area (TPSA) is 45.8 Å². The molecule has 100 valence electrons. The van der Waals surface area contributed by atoms with Gasteiger partial charge in [-0.25, -0.2) is 0 Å². The van der Waals surface area contributed by atoms with Gasteiger partial charge in [0.1, 0.15) is 5.78 Å². The largest absolute Gasteiger partial charge is 0.298 e. The Kier molecular flexibility index (Phi) is 4.42. The molecule has 5 heteroatoms. The van der Waals surface area contributed by atoms with Gasteiger partial charge in [-0.2, -0.15) is 5.10 Å². The number of carbonyl (C=O) groups is 1. The summed E-state index contributed by atoms with van der Waals surface area (Å²) in [5.74, 6) is 0.0383. The van der Waals surface area contributed by atoms with Gasteiger partial charge < -0.3 is 0 Å². The van der Waals surface area contributed by atoms with Crippen LogP contribution in [0.15, 0.2) is 41.0 Å². The number of hydrogen-bond acceptors (Lipinski definition) is 2. The number of rotatable bonds is 5. The van der Waals surface area contributed by atoms with Crippen LogP contribution in [0.3, 0.4) is 0 Å². The van der Waals surface area contributed by atoms with Gasteiger partial charge in [0.2, 0.25) is 0 Å². The van der Waals surface area contributed by atoms with Crippen molar-refractivity contribution in [3.8, 4) is 0 Å². The van der Waals surface area contributed by atoms with Crippen molar-refractivity contribution in [2.24, 2.45) is 0 Å². The lowest BCUT2D eigenvalue weighted by atomic mass is 9.76. The fraction of sp³-hybridized carbons (Fsp3) is 0.286. The van der Waals surface area contributed by atoms with Crippen molar-refractivity contribution >= 4 is 33.3 Å². The second kappa shape index (κ2) is 5.88. The van der Waals surface area contributed by atoms with Crippen LogP contribution in [0.25, 0.3) is 0 Å². The highest BCUT2D eigenvalue weighted by molar-refractivity contribution is 9.10. The lowest BCUT2D eigenvalue weighted by Crippen LogP contribution is -2.28. The summed E-state index contributed by atoms with van der Waals surface area (Å²) < 4.78 is 0.981. The molecule has 0 fully saturated rings. The van der Waals surface area contributed by atoms with Gasteiger partial charge in [0.05, 0.1) is 5.88 Å². The monoisotopic (exact) mass is 340 g/mol. The van der Waals surface area contributed by atoms with Crippen LogP contribution < -0.4 is 0 Å². The molecule has 0 saturated carbocycles. The first-order valence-electron chi connectivity index (χ1n) is 5.90. The Labute approximate surface area is 125 Å². The molecule has 1 aromatic carbocycles. The van der Waals surface area contributed by atoms with Crippen LogP contribution in [0.2, 0.25) is 0 Å². The number of nitrogens with zero attached hydrogens (tertiary/aromatic N) is 1. The van der Waals surface area contributed by atoms with Crippen LogP contribution in [-0.2, 0) is 10.2 Å². The molecule has 2 rings (SSSR count). The molecular weight excluding hydrogens is 328 g/mol. The van der Waals surface area contributed by atoms with E-state index in [1.54, 1.807) is 6.20 Å². The summed E-state index contributed by atoms with van der Waals surface area (Å²) in [5.41, 5.74) is 1.50. The molecule has 1 aromatic heterocycles. The van der Waals surface area contributed by atoms with Crippen molar-refractivity contribution in [2.45, 2.75) is 18.8 Å². The number of aromatic amines is 1. The molecule has 2 aromatic rings. The first-order valence-corrected chi connectivity index (χ1v) is 7.22. The quantitative estimate of drug-likeness (QED) is 0.843. The predicted octanol–water partition coefficient (Wildman–Crippen LogP) is 3.68. The Balaban J connectivity index is 2.48. The standard InChI is InChI=1S/C14H14BrClN2O/c1-14(8-12(19)9-16,13-5-6-17-18-13)10-3-2-4-11(15)7-10/h2-7H,8-9H2,1H3,(H,17,18). The number of ketones is 1. The Morgan fingerprint density at radius 2 is 2.26 bits per heavy atom. The Morgan fingerprint density at radius 1 is 1.47 bits per heavy atom. The number of hydrogen-bond donors (Lipinski definition) is 1. The van der Waals surface area contributed by atoms with Gasteiger partial charge in [-0.15, -0.1) is 11.6 Å². The van der Waals surface area contributed by atoms with Crippen LogP contribution >= 0.6 is 27.5 Å². The van der Waals surface area contributed by atoms with Crippen LogP contribution in [0.1, 0.15) is 24.6 Å². The lowest BCUT2D eigenvalue weighted by molar-refractivity contribution is -0.117. The molecule has 0 bridgehead atoms. The number of nitrogens with one attached hydrogen (secondary N) is 1. The van der Waals surface area contributed by atoms with E-state index in [0.717, 1.165) is 15.7 Å². The summed E-state index contributed by atoms with van der Waals surface area (Å²) in [6, 6.07) is 9.83. The first-order chi connectivity index (χ1) is 9.06. The highest BCUT2D eigenvalue weighted by Crippen LogP contribution is 2.35. The summed E-state index contributed by atoms with van der Waals surface area (Å²) in [6.45, 7) is 2.02. The first kappa shape index (κ1) is 14.3. The van der Waals surface area contributed by atoms with E-state index < -0.39 is 5.41 Å². The smallest absolute Gasteiger partial charge is 0.148 e. The zero-order valence-electron chi connectivity index (χ0n) is 10.5. The summed E-state index contributed by atoms with van der Waals surface area (Å²) in [4.78, 5) is 11.8. The van der Waals surface area contributed by atoms with E-state index >= 15 is 0 Å². The normalized spacial score (nSPS) is 14.1. The highest BCUT2D eigenvalue weighted by atomic mass is 79.9. The van der Waals surface area contributed by atoms with Crippen molar-refractivity contribution in [1.29, 1.82) is 0 Å². The van der Waals surface area contributed by atoms with Crippen molar-refractivity contribution in [3.05, 3.63) is 52.3 Å². The highest BCUT2D eigenvalue weighted by Gasteiger charge is 2.32. The molecule has 3 nitrogen and oxygen atoms in total. The summed E-state index contributed by atoms with van der Waals surface area (Å²) in [5, 5.41) is 6.95. The summed E-state index contributed by atoms with van der Waals surface area (Å²) in [7, 11) is 0. The molecular formula is C14H14BrClN2O. The maximum Gasteiger partial charge on any atom is 0.148 e. The molecule has 19 heavy (non-hydrogen) atoms. The van der Waals surface area contributed by atoms with Gasteiger partial charge in [-0.1, -0.05) is 28.1 Å². The van der Waals surface area contributed by atoms with Gasteiger partial charge in [-0.05, 0) is 30.7 Å². The van der Waals surface area contributed by atoms with Crippen molar-refractivity contribution in [2.75, 3.05) is 5.88 Å². The van der Waals surface area contributed by atoms with Crippen molar-refractivity contribution < 1.29 is 4.79 Å². The maximum absolute atomic E-state index is 11.8. The van der Waals surface area contributed by atoms with Crippen LogP contribution in [-0.4, -0.2) is 21.9 Å². The average molecular weight is 342 g/mol. The molecule has 1 unspecified atom stereocenters.